The summed E-state index contributed by atoms with van der Waals surface area (Å²) < 4.78 is 11.7. The minimum atomic E-state index is -0.445. The molecule has 1 unspecified atom stereocenters. The second-order valence-corrected chi connectivity index (χ2v) is 15.3. The minimum Gasteiger partial charge on any atom is -0.460 e. The van der Waals surface area contributed by atoms with Crippen molar-refractivity contribution in [3.8, 4) is 23.7 Å². The number of halogens is 1. The third-order valence-corrected chi connectivity index (χ3v) is 9.31. The van der Waals surface area contributed by atoms with E-state index in [1.165, 1.54) is 23.6 Å². The van der Waals surface area contributed by atoms with Crippen molar-refractivity contribution in [3.63, 3.8) is 0 Å². The highest BCUT2D eigenvalue weighted by atomic mass is 35.5. The smallest absolute Gasteiger partial charge is 0.410 e. The zero-order valence-electron chi connectivity index (χ0n) is 33.1. The van der Waals surface area contributed by atoms with Gasteiger partial charge in [-0.05, 0) is 140 Å². The Hall–Kier alpha value is -4.55. The molecule has 2 amide bonds. The number of primary amides is 1. The van der Waals surface area contributed by atoms with Gasteiger partial charge in [-0.2, -0.15) is 0 Å². The maximum Gasteiger partial charge on any atom is 0.410 e. The number of furan rings is 1. The van der Waals surface area contributed by atoms with Crippen molar-refractivity contribution in [2.24, 2.45) is 11.7 Å². The summed E-state index contributed by atoms with van der Waals surface area (Å²) in [5, 5.41) is 7.92. The predicted molar refractivity (Wildman–Crippen MR) is 228 cm³/mol. The largest absolute Gasteiger partial charge is 0.460 e. The van der Waals surface area contributed by atoms with Crippen LogP contribution in [0.15, 0.2) is 83.3 Å². The van der Waals surface area contributed by atoms with Gasteiger partial charge in [0.05, 0.1) is 6.54 Å². The number of terminal acetylenes is 1. The molecule has 55 heavy (non-hydrogen) atoms. The van der Waals surface area contributed by atoms with E-state index in [0.717, 1.165) is 85.1 Å². The van der Waals surface area contributed by atoms with Gasteiger partial charge in [0.25, 0.3) is 0 Å². The van der Waals surface area contributed by atoms with Gasteiger partial charge in [-0.25, -0.2) is 4.79 Å². The van der Waals surface area contributed by atoms with Crippen molar-refractivity contribution in [3.05, 3.63) is 117 Å². The number of ether oxygens (including phenoxy) is 1. The molecule has 1 saturated heterocycles. The first-order valence-corrected chi connectivity index (χ1v) is 19.2. The number of nitrogens with one attached hydrogen (secondary N) is 2. The number of nitrogens with two attached hydrogens (primary N) is 1. The number of amides is 2. The maximum absolute atomic E-state index is 12.3. The number of carbonyl (C=O) groups is 2. The van der Waals surface area contributed by atoms with E-state index in [2.05, 4.69) is 66.5 Å². The summed E-state index contributed by atoms with van der Waals surface area (Å²) in [5.74, 6) is 4.62. The second kappa shape index (κ2) is 23.4. The van der Waals surface area contributed by atoms with Crippen LogP contribution in [0.5, 0.6) is 0 Å². The third-order valence-electron chi connectivity index (χ3n) is 8.94. The second-order valence-electron chi connectivity index (χ2n) is 14.9. The molecule has 1 atom stereocenters. The number of carbonyl (C=O) groups excluding carboxylic acids is 2. The van der Waals surface area contributed by atoms with Crippen molar-refractivity contribution < 1.29 is 18.7 Å². The summed E-state index contributed by atoms with van der Waals surface area (Å²) >= 11 is 6.54. The van der Waals surface area contributed by atoms with E-state index in [1.807, 2.05) is 81.1 Å². The van der Waals surface area contributed by atoms with E-state index in [4.69, 9.17) is 27.2 Å². The third kappa shape index (κ3) is 17.6. The van der Waals surface area contributed by atoms with Gasteiger partial charge in [-0.1, -0.05) is 72.5 Å². The van der Waals surface area contributed by atoms with Crippen molar-refractivity contribution in [2.75, 3.05) is 26.2 Å². The number of likely N-dealkylation sites (tertiary alicyclic amines) is 1. The average Bonchev–Trinajstić information content (AvgIpc) is 3.60. The maximum atomic E-state index is 12.3. The molecule has 0 spiro atoms. The van der Waals surface area contributed by atoms with E-state index in [9.17, 15) is 9.59 Å². The molecular formula is C46H63ClN4O4. The van der Waals surface area contributed by atoms with Crippen molar-refractivity contribution in [2.45, 2.75) is 99.8 Å². The summed E-state index contributed by atoms with van der Waals surface area (Å²) in [5.41, 5.74) is 10.9. The molecule has 298 valence electrons. The van der Waals surface area contributed by atoms with Gasteiger partial charge >= 0.3 is 6.09 Å². The van der Waals surface area contributed by atoms with Crippen LogP contribution < -0.4 is 16.4 Å². The molecule has 1 aromatic heterocycles. The monoisotopic (exact) mass is 770 g/mol. The van der Waals surface area contributed by atoms with Gasteiger partial charge in [0.1, 0.15) is 17.1 Å². The molecule has 0 aliphatic carbocycles. The molecule has 1 aliphatic heterocycles. The lowest BCUT2D eigenvalue weighted by atomic mass is 9.94. The summed E-state index contributed by atoms with van der Waals surface area (Å²) in [7, 11) is 0. The number of benzene rings is 3. The standard InChI is InChI=1S/C34H46ClN3O3.C9H8.C2H5NO.CH4/c1-24-6-8-27(9-7-24)25(2)37-23-30-11-13-32(40-30)29-10-12-31(35)28(22-29)15-19-36-18-14-26-16-20-38(21-17-26)33(39)41-34(3,4)5;1-3-9-6-4-8(2)5-7-9;1-2(3)4;/h6-13,22,25-26,36-37H,14-21,23H2,1-5H3;1,4-7H,2H3;1H3,(H2,3,4);1H4. The van der Waals surface area contributed by atoms with Crippen LogP contribution in [0.3, 0.4) is 0 Å². The number of nitrogens with zero attached hydrogens (tertiary/aromatic N) is 1. The number of rotatable bonds is 11. The zero-order valence-corrected chi connectivity index (χ0v) is 33.9. The fourth-order valence-corrected chi connectivity index (χ4v) is 6.02. The Morgan fingerprint density at radius 3 is 2.16 bits per heavy atom. The fourth-order valence-electron chi connectivity index (χ4n) is 5.81. The molecule has 3 aromatic carbocycles. The Morgan fingerprint density at radius 1 is 0.982 bits per heavy atom. The zero-order chi connectivity index (χ0) is 39.7. The Labute approximate surface area is 335 Å². The van der Waals surface area contributed by atoms with Gasteiger partial charge in [-0.15, -0.1) is 6.42 Å². The molecule has 0 bridgehead atoms. The van der Waals surface area contributed by atoms with Gasteiger partial charge in [0.2, 0.25) is 5.91 Å². The normalized spacial score (nSPS) is 13.2. The first kappa shape index (κ1) is 46.6. The number of hydrogen-bond acceptors (Lipinski definition) is 6. The van der Waals surface area contributed by atoms with Gasteiger partial charge in [0.15, 0.2) is 0 Å². The van der Waals surface area contributed by atoms with E-state index in [0.29, 0.717) is 12.5 Å². The average molecular weight is 771 g/mol. The molecule has 1 fully saturated rings. The lowest BCUT2D eigenvalue weighted by Gasteiger charge is -2.33. The van der Waals surface area contributed by atoms with Crippen LogP contribution >= 0.6 is 11.6 Å². The lowest BCUT2D eigenvalue weighted by Crippen LogP contribution is -2.42. The molecule has 4 aromatic rings. The molecule has 0 saturated carbocycles. The van der Waals surface area contributed by atoms with Crippen LogP contribution in [0.4, 0.5) is 4.79 Å². The molecular weight excluding hydrogens is 708 g/mol. The van der Waals surface area contributed by atoms with Gasteiger partial charge in [-0.3, -0.25) is 4.79 Å². The first-order chi connectivity index (χ1) is 25.6. The molecule has 8 nitrogen and oxygen atoms in total. The van der Waals surface area contributed by atoms with E-state index >= 15 is 0 Å². The highest BCUT2D eigenvalue weighted by Gasteiger charge is 2.26. The molecule has 0 radical (unpaired) electrons. The van der Waals surface area contributed by atoms with Gasteiger partial charge in [0, 0.05) is 42.2 Å². The summed E-state index contributed by atoms with van der Waals surface area (Å²) in [6, 6.07) is 27.0. The Bertz CT molecular complexity index is 1780. The van der Waals surface area contributed by atoms with E-state index < -0.39 is 5.60 Å². The topological polar surface area (TPSA) is 110 Å². The molecule has 5 rings (SSSR count). The predicted octanol–water partition coefficient (Wildman–Crippen LogP) is 10.0. The van der Waals surface area contributed by atoms with E-state index in [1.54, 1.807) is 0 Å². The van der Waals surface area contributed by atoms with Crippen LogP contribution in [0, 0.1) is 32.1 Å². The van der Waals surface area contributed by atoms with Crippen LogP contribution in [0.25, 0.3) is 11.3 Å². The summed E-state index contributed by atoms with van der Waals surface area (Å²) in [6.07, 6.45) is 8.98. The molecule has 2 heterocycles. The van der Waals surface area contributed by atoms with Crippen molar-refractivity contribution in [1.29, 1.82) is 0 Å². The number of hydrogen-bond donors (Lipinski definition) is 3. The quantitative estimate of drug-likeness (QED) is 0.104. The van der Waals surface area contributed by atoms with Crippen molar-refractivity contribution >= 4 is 23.6 Å². The Balaban J connectivity index is 0.000000634. The summed E-state index contributed by atoms with van der Waals surface area (Å²) in [4.78, 5) is 23.3. The highest BCUT2D eigenvalue weighted by molar-refractivity contribution is 6.31. The number of piperidine rings is 1. The highest BCUT2D eigenvalue weighted by Crippen LogP contribution is 2.28. The first-order valence-electron chi connectivity index (χ1n) is 18.8. The Morgan fingerprint density at radius 2 is 1.58 bits per heavy atom. The fraction of sp³-hybridized carbons (Fsp3) is 0.435. The van der Waals surface area contributed by atoms with Crippen molar-refractivity contribution in [1.82, 2.24) is 15.5 Å². The Kier molecular flexibility index (Phi) is 19.8. The van der Waals surface area contributed by atoms with Crippen LogP contribution in [0.1, 0.15) is 101 Å². The van der Waals surface area contributed by atoms with Crippen LogP contribution in [-0.4, -0.2) is 48.7 Å². The minimum absolute atomic E-state index is 0. The SMILES string of the molecule is C.C#Cc1ccc(C)cc1.CC(N)=O.Cc1ccc(C(C)NCc2ccc(-c3ccc(Cl)c(CCNCCC4CCN(C(=O)OC(C)(C)C)CC4)c3)o2)cc1. The molecule has 9 heteroatoms. The number of aryl methyl sites for hydroxylation is 2. The van der Waals surface area contributed by atoms with Gasteiger partial charge < -0.3 is 30.4 Å². The summed E-state index contributed by atoms with van der Waals surface area (Å²) in [6.45, 7) is 17.4. The van der Waals surface area contributed by atoms with E-state index in [-0.39, 0.29) is 25.5 Å². The molecule has 1 aliphatic rings. The van der Waals surface area contributed by atoms with Crippen LogP contribution in [-0.2, 0) is 22.5 Å². The van der Waals surface area contributed by atoms with Crippen LogP contribution in [0.2, 0.25) is 5.02 Å². The molecule has 4 N–H and O–H groups in total. The lowest BCUT2D eigenvalue weighted by molar-refractivity contribution is -0.115.